The van der Waals surface area contributed by atoms with Gasteiger partial charge in [-0.3, -0.25) is 10.1 Å². The van der Waals surface area contributed by atoms with Gasteiger partial charge < -0.3 is 14.2 Å². The molecule has 0 fully saturated rings. The molecule has 2 aromatic carbocycles. The molecule has 0 aliphatic rings. The SMILES string of the molecule is COc1cc(COc2ccc3nc(C#N)sc3c2)c([N+](=O)[O-])cc1OC. The van der Waals surface area contributed by atoms with E-state index < -0.39 is 4.92 Å². The lowest BCUT2D eigenvalue weighted by Gasteiger charge is -2.11. The van der Waals surface area contributed by atoms with Crippen LogP contribution in [-0.4, -0.2) is 24.1 Å². The van der Waals surface area contributed by atoms with Gasteiger partial charge in [-0.05, 0) is 24.3 Å². The average molecular weight is 371 g/mol. The van der Waals surface area contributed by atoms with Crippen LogP contribution >= 0.6 is 11.3 Å². The van der Waals surface area contributed by atoms with Gasteiger partial charge in [0.05, 0.1) is 41.0 Å². The molecule has 26 heavy (non-hydrogen) atoms. The first-order valence-corrected chi connectivity index (χ1v) is 8.20. The minimum absolute atomic E-state index is 0.0217. The maximum absolute atomic E-state index is 11.3. The van der Waals surface area contributed by atoms with Gasteiger partial charge in [0.2, 0.25) is 0 Å². The number of thiazole rings is 1. The number of benzene rings is 2. The van der Waals surface area contributed by atoms with Crippen molar-refractivity contribution in [3.8, 4) is 23.3 Å². The predicted octanol–water partition coefficient (Wildman–Crippen LogP) is 3.67. The maximum atomic E-state index is 11.3. The molecular weight excluding hydrogens is 358 g/mol. The third-order valence-corrected chi connectivity index (χ3v) is 4.55. The van der Waals surface area contributed by atoms with Crippen LogP contribution in [0, 0.1) is 21.4 Å². The van der Waals surface area contributed by atoms with Gasteiger partial charge in [0.1, 0.15) is 18.4 Å². The van der Waals surface area contributed by atoms with Gasteiger partial charge in [-0.1, -0.05) is 0 Å². The summed E-state index contributed by atoms with van der Waals surface area (Å²) < 4.78 is 16.8. The number of nitro groups is 1. The van der Waals surface area contributed by atoms with E-state index in [0.29, 0.717) is 27.6 Å². The zero-order valence-electron chi connectivity index (χ0n) is 13.9. The molecule has 0 unspecified atom stereocenters. The van der Waals surface area contributed by atoms with Gasteiger partial charge in [0.15, 0.2) is 16.5 Å². The Morgan fingerprint density at radius 2 is 1.96 bits per heavy atom. The Balaban J connectivity index is 1.89. The number of nitriles is 1. The first-order chi connectivity index (χ1) is 12.5. The lowest BCUT2D eigenvalue weighted by Crippen LogP contribution is -2.03. The number of hydrogen-bond donors (Lipinski definition) is 0. The Hall–Kier alpha value is -3.38. The van der Waals surface area contributed by atoms with Gasteiger partial charge >= 0.3 is 0 Å². The molecule has 0 saturated carbocycles. The molecule has 8 nitrogen and oxygen atoms in total. The van der Waals surface area contributed by atoms with Crippen molar-refractivity contribution in [3.05, 3.63) is 51.0 Å². The van der Waals surface area contributed by atoms with E-state index in [0.717, 1.165) is 4.70 Å². The van der Waals surface area contributed by atoms with Gasteiger partial charge in [-0.15, -0.1) is 11.3 Å². The standard InChI is InChI=1S/C17H13N3O5S/c1-23-14-5-10(13(20(21)22)7-15(14)24-2)9-25-11-3-4-12-16(6-11)26-17(8-18)19-12/h3-7H,9H2,1-2H3. The van der Waals surface area contributed by atoms with Crippen LogP contribution in [0.4, 0.5) is 5.69 Å². The molecule has 0 bridgehead atoms. The highest BCUT2D eigenvalue weighted by molar-refractivity contribution is 7.19. The van der Waals surface area contributed by atoms with Crippen LogP contribution in [0.15, 0.2) is 30.3 Å². The molecule has 0 aliphatic heterocycles. The fourth-order valence-electron chi connectivity index (χ4n) is 2.40. The Morgan fingerprint density at radius 1 is 1.23 bits per heavy atom. The largest absolute Gasteiger partial charge is 0.493 e. The number of hydrogen-bond acceptors (Lipinski definition) is 8. The summed E-state index contributed by atoms with van der Waals surface area (Å²) in [6, 6.07) is 10.0. The average Bonchev–Trinajstić information content (AvgIpc) is 3.07. The number of nitro benzene ring substituents is 1. The molecule has 3 rings (SSSR count). The van der Waals surface area contributed by atoms with Crippen molar-refractivity contribution in [3.63, 3.8) is 0 Å². The number of aromatic nitrogens is 1. The normalized spacial score (nSPS) is 10.3. The van der Waals surface area contributed by atoms with E-state index >= 15 is 0 Å². The van der Waals surface area contributed by atoms with E-state index in [1.54, 1.807) is 18.2 Å². The smallest absolute Gasteiger partial charge is 0.280 e. The van der Waals surface area contributed by atoms with Crippen LogP contribution < -0.4 is 14.2 Å². The number of fused-ring (bicyclic) bond motifs is 1. The Morgan fingerprint density at radius 3 is 2.62 bits per heavy atom. The maximum Gasteiger partial charge on any atom is 0.280 e. The van der Waals surface area contributed by atoms with Crippen molar-refractivity contribution in [1.29, 1.82) is 5.26 Å². The van der Waals surface area contributed by atoms with E-state index in [-0.39, 0.29) is 18.0 Å². The van der Waals surface area contributed by atoms with E-state index in [2.05, 4.69) is 4.98 Å². The molecule has 0 radical (unpaired) electrons. The van der Waals surface area contributed by atoms with Crippen LogP contribution in [0.3, 0.4) is 0 Å². The summed E-state index contributed by atoms with van der Waals surface area (Å²) in [5.41, 5.74) is 0.944. The second-order valence-corrected chi connectivity index (χ2v) is 6.17. The van der Waals surface area contributed by atoms with Gasteiger partial charge in [0.25, 0.3) is 5.69 Å². The molecule has 0 atom stereocenters. The number of methoxy groups -OCH3 is 2. The summed E-state index contributed by atoms with van der Waals surface area (Å²) in [4.78, 5) is 15.0. The highest BCUT2D eigenvalue weighted by atomic mass is 32.1. The fourth-order valence-corrected chi connectivity index (χ4v) is 3.19. The Bertz CT molecular complexity index is 1030. The third kappa shape index (κ3) is 3.36. The van der Waals surface area contributed by atoms with Crippen molar-refractivity contribution in [2.24, 2.45) is 0 Å². The van der Waals surface area contributed by atoms with Crippen LogP contribution in [0.2, 0.25) is 0 Å². The second-order valence-electron chi connectivity index (χ2n) is 5.14. The predicted molar refractivity (Wildman–Crippen MR) is 94.9 cm³/mol. The highest BCUT2D eigenvalue weighted by Gasteiger charge is 2.20. The summed E-state index contributed by atoms with van der Waals surface area (Å²) >= 11 is 1.26. The summed E-state index contributed by atoms with van der Waals surface area (Å²) in [6.45, 7) is -0.0217. The topological polar surface area (TPSA) is 108 Å². The van der Waals surface area contributed by atoms with E-state index in [9.17, 15) is 10.1 Å². The minimum atomic E-state index is -0.494. The summed E-state index contributed by atoms with van der Waals surface area (Å²) in [7, 11) is 2.87. The summed E-state index contributed by atoms with van der Waals surface area (Å²) in [5.74, 6) is 1.18. The molecule has 0 amide bonds. The van der Waals surface area contributed by atoms with Crippen molar-refractivity contribution >= 4 is 27.2 Å². The summed E-state index contributed by atoms with van der Waals surface area (Å²) in [6.07, 6.45) is 0. The fraction of sp³-hybridized carbons (Fsp3) is 0.176. The molecule has 0 N–H and O–H groups in total. The first-order valence-electron chi connectivity index (χ1n) is 7.38. The second kappa shape index (κ2) is 7.25. The van der Waals surface area contributed by atoms with Crippen LogP contribution in [0.25, 0.3) is 10.2 Å². The molecule has 0 saturated heterocycles. The molecule has 0 aliphatic carbocycles. The van der Waals surface area contributed by atoms with Crippen molar-refractivity contribution < 1.29 is 19.1 Å². The van der Waals surface area contributed by atoms with E-state index in [1.807, 2.05) is 6.07 Å². The number of rotatable bonds is 6. The first kappa shape index (κ1) is 17.4. The van der Waals surface area contributed by atoms with Crippen LogP contribution in [-0.2, 0) is 6.61 Å². The van der Waals surface area contributed by atoms with E-state index in [1.165, 1.54) is 37.7 Å². The van der Waals surface area contributed by atoms with Gasteiger partial charge in [0, 0.05) is 0 Å². The van der Waals surface area contributed by atoms with Crippen LogP contribution in [0.5, 0.6) is 17.2 Å². The zero-order chi connectivity index (χ0) is 18.7. The van der Waals surface area contributed by atoms with Crippen molar-refractivity contribution in [1.82, 2.24) is 4.98 Å². The van der Waals surface area contributed by atoms with Crippen LogP contribution in [0.1, 0.15) is 10.6 Å². The van der Waals surface area contributed by atoms with Crippen molar-refractivity contribution in [2.75, 3.05) is 14.2 Å². The number of nitrogens with zero attached hydrogens (tertiary/aromatic N) is 3. The molecule has 1 aromatic heterocycles. The lowest BCUT2D eigenvalue weighted by atomic mass is 10.1. The van der Waals surface area contributed by atoms with Gasteiger partial charge in [-0.25, -0.2) is 4.98 Å². The summed E-state index contributed by atoms with van der Waals surface area (Å²) in [5, 5.41) is 20.6. The molecule has 3 aromatic rings. The zero-order valence-corrected chi connectivity index (χ0v) is 14.7. The Kier molecular flexibility index (Phi) is 4.86. The quantitative estimate of drug-likeness (QED) is 0.480. The monoisotopic (exact) mass is 371 g/mol. The molecule has 0 spiro atoms. The number of ether oxygens (including phenoxy) is 3. The minimum Gasteiger partial charge on any atom is -0.493 e. The van der Waals surface area contributed by atoms with E-state index in [4.69, 9.17) is 19.5 Å². The Labute approximate surface area is 152 Å². The molecule has 132 valence electrons. The molecule has 9 heteroatoms. The third-order valence-electron chi connectivity index (χ3n) is 3.63. The van der Waals surface area contributed by atoms with Gasteiger partial charge in [-0.2, -0.15) is 5.26 Å². The highest BCUT2D eigenvalue weighted by Crippen LogP contribution is 2.35. The molecule has 1 heterocycles. The lowest BCUT2D eigenvalue weighted by molar-refractivity contribution is -0.385. The van der Waals surface area contributed by atoms with Crippen molar-refractivity contribution in [2.45, 2.75) is 6.61 Å². The molecular formula is C17H13N3O5S.